The summed E-state index contributed by atoms with van der Waals surface area (Å²) in [6.45, 7) is 7.85. The molecule has 0 bridgehead atoms. The first kappa shape index (κ1) is 16.1. The lowest BCUT2D eigenvalue weighted by molar-refractivity contribution is 0.168. The van der Waals surface area contributed by atoms with E-state index in [9.17, 15) is 0 Å². The van der Waals surface area contributed by atoms with E-state index in [2.05, 4.69) is 60.5 Å². The molecule has 2 rings (SSSR count). The van der Waals surface area contributed by atoms with Gasteiger partial charge in [-0.1, -0.05) is 12.2 Å². The normalized spacial score (nSPS) is 17.3. The van der Waals surface area contributed by atoms with Crippen molar-refractivity contribution >= 4 is 54.9 Å². The number of aromatic nitrogens is 1. The molecule has 0 atom stereocenters. The van der Waals surface area contributed by atoms with Crippen molar-refractivity contribution in [3.05, 3.63) is 21.2 Å². The topological polar surface area (TPSA) is 45.4 Å². The smallest absolute Gasteiger partial charge is 0.143 e. The van der Waals surface area contributed by atoms with E-state index in [-0.39, 0.29) is 5.54 Å². The van der Waals surface area contributed by atoms with Gasteiger partial charge in [-0.3, -0.25) is 4.90 Å². The molecule has 0 aromatic carbocycles. The van der Waals surface area contributed by atoms with Crippen LogP contribution in [0.1, 0.15) is 13.8 Å². The summed E-state index contributed by atoms with van der Waals surface area (Å²) >= 11 is 12.2. The highest BCUT2D eigenvalue weighted by molar-refractivity contribution is 9.11. The summed E-state index contributed by atoms with van der Waals surface area (Å²) in [5, 5.41) is 0. The first-order valence-corrected chi connectivity index (χ1v) is 8.42. The number of nitrogens with two attached hydrogens (primary N) is 1. The first-order chi connectivity index (χ1) is 9.32. The molecule has 0 saturated carbocycles. The van der Waals surface area contributed by atoms with E-state index in [0.717, 1.165) is 40.9 Å². The maximum absolute atomic E-state index is 5.84. The number of piperazine rings is 1. The Hall–Kier alpha value is -0.240. The van der Waals surface area contributed by atoms with E-state index < -0.39 is 0 Å². The van der Waals surface area contributed by atoms with E-state index >= 15 is 0 Å². The van der Waals surface area contributed by atoms with Crippen LogP contribution in [0.3, 0.4) is 0 Å². The predicted octanol–water partition coefficient (Wildman–Crippen LogP) is 2.79. The summed E-state index contributed by atoms with van der Waals surface area (Å²) in [7, 11) is 0. The summed E-state index contributed by atoms with van der Waals surface area (Å²) in [6.07, 6.45) is 1.82. The van der Waals surface area contributed by atoms with Gasteiger partial charge in [-0.05, 0) is 51.8 Å². The zero-order valence-electron chi connectivity index (χ0n) is 11.6. The molecule has 4 nitrogen and oxygen atoms in total. The highest BCUT2D eigenvalue weighted by atomic mass is 79.9. The molecule has 1 aliphatic rings. The van der Waals surface area contributed by atoms with Gasteiger partial charge in [0.15, 0.2) is 0 Å². The molecule has 20 heavy (non-hydrogen) atoms. The Bertz CT molecular complexity index is 513. The summed E-state index contributed by atoms with van der Waals surface area (Å²) in [6, 6.07) is 2.02. The molecular weight excluding hydrogens is 404 g/mol. The predicted molar refractivity (Wildman–Crippen MR) is 94.3 cm³/mol. The molecule has 7 heteroatoms. The maximum atomic E-state index is 5.84. The van der Waals surface area contributed by atoms with Gasteiger partial charge < -0.3 is 10.6 Å². The van der Waals surface area contributed by atoms with Gasteiger partial charge >= 0.3 is 0 Å². The zero-order valence-corrected chi connectivity index (χ0v) is 15.6. The Kier molecular flexibility index (Phi) is 5.05. The Morgan fingerprint density at radius 1 is 1.30 bits per heavy atom. The number of hydrogen-bond acceptors (Lipinski definition) is 4. The van der Waals surface area contributed by atoms with Gasteiger partial charge in [-0.15, -0.1) is 0 Å². The van der Waals surface area contributed by atoms with Gasteiger partial charge in [0.1, 0.15) is 5.82 Å². The lowest BCUT2D eigenvalue weighted by Gasteiger charge is -2.43. The fourth-order valence-electron chi connectivity index (χ4n) is 2.27. The Labute approximate surface area is 142 Å². The summed E-state index contributed by atoms with van der Waals surface area (Å²) < 4.78 is 1.98. The highest BCUT2D eigenvalue weighted by Gasteiger charge is 2.32. The number of pyridine rings is 1. The molecule has 1 aromatic rings. The van der Waals surface area contributed by atoms with Gasteiger partial charge in [0.2, 0.25) is 0 Å². The molecule has 2 heterocycles. The Balaban J connectivity index is 2.06. The summed E-state index contributed by atoms with van der Waals surface area (Å²) in [5.41, 5.74) is 5.61. The minimum atomic E-state index is -0.230. The van der Waals surface area contributed by atoms with E-state index in [4.69, 9.17) is 18.0 Å². The molecule has 0 aliphatic carbocycles. The zero-order chi connectivity index (χ0) is 14.9. The van der Waals surface area contributed by atoms with Crippen LogP contribution in [0.15, 0.2) is 21.2 Å². The molecule has 0 spiro atoms. The van der Waals surface area contributed by atoms with E-state index in [0.29, 0.717) is 4.99 Å². The largest absolute Gasteiger partial charge is 0.392 e. The van der Waals surface area contributed by atoms with Crippen LogP contribution in [0.25, 0.3) is 0 Å². The van der Waals surface area contributed by atoms with E-state index in [1.165, 1.54) is 0 Å². The van der Waals surface area contributed by atoms with Gasteiger partial charge in [0.25, 0.3) is 0 Å². The van der Waals surface area contributed by atoms with Gasteiger partial charge in [-0.2, -0.15) is 0 Å². The average Bonchev–Trinajstić information content (AvgIpc) is 2.38. The molecule has 2 N–H and O–H groups in total. The van der Waals surface area contributed by atoms with Crippen molar-refractivity contribution in [3.8, 4) is 0 Å². The number of hydrogen-bond donors (Lipinski definition) is 1. The molecule has 110 valence electrons. The Morgan fingerprint density at radius 2 is 1.90 bits per heavy atom. The SMILES string of the molecule is CC(C)(C(N)=S)N1CCN(c2ncc(Br)cc2Br)CC1. The monoisotopic (exact) mass is 420 g/mol. The Morgan fingerprint density at radius 3 is 2.40 bits per heavy atom. The lowest BCUT2D eigenvalue weighted by atomic mass is 10.0. The van der Waals surface area contributed by atoms with Crippen LogP contribution in [0.4, 0.5) is 5.82 Å². The van der Waals surface area contributed by atoms with Crippen molar-refractivity contribution in [3.63, 3.8) is 0 Å². The third-order valence-corrected chi connectivity index (χ3v) is 5.28. The number of rotatable bonds is 3. The van der Waals surface area contributed by atoms with E-state index in [1.54, 1.807) is 0 Å². The molecule has 1 aromatic heterocycles. The molecule has 1 saturated heterocycles. The van der Waals surface area contributed by atoms with Gasteiger partial charge in [-0.25, -0.2) is 4.98 Å². The number of thiocarbonyl (C=S) groups is 1. The molecule has 1 fully saturated rings. The van der Waals surface area contributed by atoms with Crippen LogP contribution < -0.4 is 10.6 Å². The maximum Gasteiger partial charge on any atom is 0.143 e. The van der Waals surface area contributed by atoms with Crippen LogP contribution in [-0.2, 0) is 0 Å². The second kappa shape index (κ2) is 6.25. The van der Waals surface area contributed by atoms with Crippen molar-refractivity contribution in [1.29, 1.82) is 0 Å². The van der Waals surface area contributed by atoms with Crippen molar-refractivity contribution in [2.75, 3.05) is 31.1 Å². The van der Waals surface area contributed by atoms with Crippen LogP contribution in [0.2, 0.25) is 0 Å². The van der Waals surface area contributed by atoms with Crippen LogP contribution in [-0.4, -0.2) is 46.6 Å². The fraction of sp³-hybridized carbons (Fsp3) is 0.538. The van der Waals surface area contributed by atoms with Crippen molar-refractivity contribution in [2.45, 2.75) is 19.4 Å². The minimum Gasteiger partial charge on any atom is -0.392 e. The van der Waals surface area contributed by atoms with Gasteiger partial charge in [0, 0.05) is 36.8 Å². The first-order valence-electron chi connectivity index (χ1n) is 6.43. The summed E-state index contributed by atoms with van der Waals surface area (Å²) in [5.74, 6) is 0.987. The molecule has 0 unspecified atom stereocenters. The van der Waals surface area contributed by atoms with Crippen LogP contribution in [0, 0.1) is 0 Å². The third-order valence-electron chi connectivity index (χ3n) is 3.76. The minimum absolute atomic E-state index is 0.230. The molecule has 0 radical (unpaired) electrons. The van der Waals surface area contributed by atoms with Crippen molar-refractivity contribution in [1.82, 2.24) is 9.88 Å². The second-order valence-corrected chi connectivity index (χ2v) is 7.57. The molecule has 0 amide bonds. The molecule has 1 aliphatic heterocycles. The lowest BCUT2D eigenvalue weighted by Crippen LogP contribution is -2.59. The van der Waals surface area contributed by atoms with Crippen molar-refractivity contribution < 1.29 is 0 Å². The summed E-state index contributed by atoms with van der Waals surface area (Å²) in [4.78, 5) is 9.65. The average molecular weight is 422 g/mol. The van der Waals surface area contributed by atoms with Crippen LogP contribution in [0.5, 0.6) is 0 Å². The number of anilines is 1. The second-order valence-electron chi connectivity index (χ2n) is 5.36. The van der Waals surface area contributed by atoms with Crippen LogP contribution >= 0.6 is 44.1 Å². The standard InChI is InChI=1S/C13H18Br2N4S/c1-13(2,12(16)20)19-5-3-18(4-6-19)11-10(15)7-9(14)8-17-11/h7-8H,3-6H2,1-2H3,(H2,16,20). The van der Waals surface area contributed by atoms with E-state index in [1.807, 2.05) is 12.3 Å². The van der Waals surface area contributed by atoms with Crippen molar-refractivity contribution in [2.24, 2.45) is 5.73 Å². The number of nitrogens with zero attached hydrogens (tertiary/aromatic N) is 3. The quantitative estimate of drug-likeness (QED) is 0.760. The fourth-order valence-corrected chi connectivity index (χ4v) is 3.64. The van der Waals surface area contributed by atoms with Gasteiger partial charge in [0.05, 0.1) is 15.0 Å². The highest BCUT2D eigenvalue weighted by Crippen LogP contribution is 2.28. The third kappa shape index (κ3) is 3.32. The molecular formula is C13H18Br2N4S. The number of halogens is 2.